The number of rotatable bonds is 6. The van der Waals surface area contributed by atoms with E-state index in [2.05, 4.69) is 5.32 Å². The Kier molecular flexibility index (Phi) is 5.86. The number of carbonyl (C=O) groups is 2. The van der Waals surface area contributed by atoms with Crippen LogP contribution in [0.3, 0.4) is 0 Å². The van der Waals surface area contributed by atoms with Crippen molar-refractivity contribution in [2.45, 2.75) is 45.6 Å². The van der Waals surface area contributed by atoms with Gasteiger partial charge in [0.15, 0.2) is 0 Å². The molecule has 1 saturated heterocycles. The zero-order chi connectivity index (χ0) is 17.7. The molecular weight excluding hydrogens is 304 g/mol. The molecule has 1 heterocycles. The third kappa shape index (κ3) is 4.73. The Morgan fingerprint density at radius 2 is 1.96 bits per heavy atom. The topological polar surface area (TPSA) is 58.6 Å². The molecule has 0 radical (unpaired) electrons. The van der Waals surface area contributed by atoms with Crippen LogP contribution >= 0.6 is 0 Å². The molecule has 1 atom stereocenters. The minimum atomic E-state index is -0.224. The minimum Gasteiger partial charge on any atom is -0.497 e. The van der Waals surface area contributed by atoms with Gasteiger partial charge in [0.1, 0.15) is 5.75 Å². The number of nitrogens with one attached hydrogen (secondary N) is 1. The second kappa shape index (κ2) is 7.69. The minimum absolute atomic E-state index is 0.00942. The van der Waals surface area contributed by atoms with Crippen molar-refractivity contribution in [1.82, 2.24) is 10.2 Å². The van der Waals surface area contributed by atoms with E-state index in [1.807, 2.05) is 45.0 Å². The lowest BCUT2D eigenvalue weighted by molar-refractivity contribution is -0.132. The second-order valence-electron chi connectivity index (χ2n) is 7.32. The standard InChI is InChI=1S/C19H28N2O3/c1-19(2,3)21-13-15(12-17(21)22)18(23)20-11-5-6-14-7-9-16(24-4)10-8-14/h7-10,15H,5-6,11-13H2,1-4H3,(H,20,23). The summed E-state index contributed by atoms with van der Waals surface area (Å²) < 4.78 is 5.14. The monoisotopic (exact) mass is 332 g/mol. The normalized spacial score (nSPS) is 17.9. The molecule has 0 aliphatic carbocycles. The average Bonchev–Trinajstić information content (AvgIpc) is 2.94. The van der Waals surface area contributed by atoms with Gasteiger partial charge in [-0.05, 0) is 51.3 Å². The summed E-state index contributed by atoms with van der Waals surface area (Å²) >= 11 is 0. The fourth-order valence-corrected chi connectivity index (χ4v) is 2.97. The number of hydrogen-bond acceptors (Lipinski definition) is 3. The smallest absolute Gasteiger partial charge is 0.225 e. The highest BCUT2D eigenvalue weighted by atomic mass is 16.5. The zero-order valence-electron chi connectivity index (χ0n) is 15.1. The van der Waals surface area contributed by atoms with Gasteiger partial charge in [0, 0.05) is 25.0 Å². The molecule has 24 heavy (non-hydrogen) atoms. The molecule has 5 nitrogen and oxygen atoms in total. The van der Waals surface area contributed by atoms with Crippen LogP contribution in [0.2, 0.25) is 0 Å². The molecule has 132 valence electrons. The molecule has 0 aromatic heterocycles. The molecule has 0 bridgehead atoms. The number of nitrogens with zero attached hydrogens (tertiary/aromatic N) is 1. The van der Waals surface area contributed by atoms with E-state index in [1.54, 1.807) is 12.0 Å². The van der Waals surface area contributed by atoms with E-state index in [9.17, 15) is 9.59 Å². The number of ether oxygens (including phenoxy) is 1. The Morgan fingerprint density at radius 1 is 1.29 bits per heavy atom. The molecule has 2 amide bonds. The number of amides is 2. The van der Waals surface area contributed by atoms with Crippen molar-refractivity contribution in [2.24, 2.45) is 5.92 Å². The highest BCUT2D eigenvalue weighted by Crippen LogP contribution is 2.25. The molecule has 5 heteroatoms. The Morgan fingerprint density at radius 3 is 2.50 bits per heavy atom. The quantitative estimate of drug-likeness (QED) is 0.814. The van der Waals surface area contributed by atoms with E-state index in [0.29, 0.717) is 19.5 Å². The first kappa shape index (κ1) is 18.3. The fraction of sp³-hybridized carbons (Fsp3) is 0.579. The summed E-state index contributed by atoms with van der Waals surface area (Å²) in [7, 11) is 1.65. The van der Waals surface area contributed by atoms with Gasteiger partial charge in [-0.2, -0.15) is 0 Å². The first-order valence-electron chi connectivity index (χ1n) is 8.52. The molecule has 1 aromatic carbocycles. The lowest BCUT2D eigenvalue weighted by atomic mass is 10.1. The molecule has 1 aliphatic rings. The predicted octanol–water partition coefficient (Wildman–Crippen LogP) is 2.39. The van der Waals surface area contributed by atoms with Crippen LogP contribution in [-0.2, 0) is 16.0 Å². The molecule has 1 unspecified atom stereocenters. The molecule has 1 fully saturated rings. The van der Waals surface area contributed by atoms with Gasteiger partial charge >= 0.3 is 0 Å². The fourth-order valence-electron chi connectivity index (χ4n) is 2.97. The highest BCUT2D eigenvalue weighted by molar-refractivity contribution is 5.89. The average molecular weight is 332 g/mol. The maximum Gasteiger partial charge on any atom is 0.225 e. The highest BCUT2D eigenvalue weighted by Gasteiger charge is 2.39. The first-order chi connectivity index (χ1) is 11.3. The Hall–Kier alpha value is -2.04. The van der Waals surface area contributed by atoms with E-state index < -0.39 is 0 Å². The van der Waals surface area contributed by atoms with E-state index in [1.165, 1.54) is 5.56 Å². The summed E-state index contributed by atoms with van der Waals surface area (Å²) in [5, 5.41) is 2.97. The van der Waals surface area contributed by atoms with Gasteiger partial charge in [0.25, 0.3) is 0 Å². The Labute approximate surface area is 144 Å². The van der Waals surface area contributed by atoms with Crippen molar-refractivity contribution in [3.05, 3.63) is 29.8 Å². The van der Waals surface area contributed by atoms with Crippen LogP contribution < -0.4 is 10.1 Å². The number of benzene rings is 1. The predicted molar refractivity (Wildman–Crippen MR) is 93.9 cm³/mol. The summed E-state index contributed by atoms with van der Waals surface area (Å²) in [4.78, 5) is 26.1. The molecule has 1 aromatic rings. The largest absolute Gasteiger partial charge is 0.497 e. The molecule has 2 rings (SSSR count). The lowest BCUT2D eigenvalue weighted by Crippen LogP contribution is -2.43. The third-order valence-corrected chi connectivity index (χ3v) is 4.41. The molecule has 0 saturated carbocycles. The summed E-state index contributed by atoms with van der Waals surface area (Å²) in [5.41, 5.74) is 1.00. The maximum atomic E-state index is 12.3. The summed E-state index contributed by atoms with van der Waals surface area (Å²) in [6, 6.07) is 7.97. The van der Waals surface area contributed by atoms with Crippen LogP contribution in [0.5, 0.6) is 5.75 Å². The van der Waals surface area contributed by atoms with E-state index >= 15 is 0 Å². The first-order valence-corrected chi connectivity index (χ1v) is 8.52. The number of hydrogen-bond donors (Lipinski definition) is 1. The van der Waals surface area contributed by atoms with Crippen LogP contribution in [0.4, 0.5) is 0 Å². The van der Waals surface area contributed by atoms with Gasteiger partial charge in [0.2, 0.25) is 11.8 Å². The lowest BCUT2D eigenvalue weighted by Gasteiger charge is -2.31. The van der Waals surface area contributed by atoms with Crippen LogP contribution in [0.25, 0.3) is 0 Å². The van der Waals surface area contributed by atoms with Crippen molar-refractivity contribution in [2.75, 3.05) is 20.2 Å². The van der Waals surface area contributed by atoms with Gasteiger partial charge < -0.3 is 15.0 Å². The Balaban J connectivity index is 1.72. The summed E-state index contributed by atoms with van der Waals surface area (Å²) in [5.74, 6) is 0.685. The van der Waals surface area contributed by atoms with Gasteiger partial charge in [-0.15, -0.1) is 0 Å². The number of carbonyl (C=O) groups excluding carboxylic acids is 2. The van der Waals surface area contributed by atoms with E-state index in [0.717, 1.165) is 18.6 Å². The van der Waals surface area contributed by atoms with Crippen molar-refractivity contribution in [3.63, 3.8) is 0 Å². The molecule has 1 N–H and O–H groups in total. The van der Waals surface area contributed by atoms with Crippen molar-refractivity contribution >= 4 is 11.8 Å². The van der Waals surface area contributed by atoms with Crippen LogP contribution in [-0.4, -0.2) is 42.5 Å². The van der Waals surface area contributed by atoms with E-state index in [-0.39, 0.29) is 23.3 Å². The molecule has 1 aliphatic heterocycles. The van der Waals surface area contributed by atoms with Crippen molar-refractivity contribution in [3.8, 4) is 5.75 Å². The van der Waals surface area contributed by atoms with Crippen LogP contribution in [0.1, 0.15) is 39.2 Å². The van der Waals surface area contributed by atoms with Crippen LogP contribution in [0, 0.1) is 5.92 Å². The van der Waals surface area contributed by atoms with Crippen molar-refractivity contribution < 1.29 is 14.3 Å². The SMILES string of the molecule is COc1ccc(CCCNC(=O)C2CC(=O)N(C(C)(C)C)C2)cc1. The number of aryl methyl sites for hydroxylation is 1. The van der Waals surface area contributed by atoms with Crippen LogP contribution in [0.15, 0.2) is 24.3 Å². The number of likely N-dealkylation sites (tertiary alicyclic amines) is 1. The summed E-state index contributed by atoms with van der Waals surface area (Å²) in [6.07, 6.45) is 2.10. The summed E-state index contributed by atoms with van der Waals surface area (Å²) in [6.45, 7) is 7.15. The second-order valence-corrected chi connectivity index (χ2v) is 7.32. The third-order valence-electron chi connectivity index (χ3n) is 4.41. The van der Waals surface area contributed by atoms with E-state index in [4.69, 9.17) is 4.74 Å². The number of methoxy groups -OCH3 is 1. The molecule has 0 spiro atoms. The van der Waals surface area contributed by atoms with Gasteiger partial charge in [-0.3, -0.25) is 9.59 Å². The maximum absolute atomic E-state index is 12.3. The Bertz CT molecular complexity index is 575. The zero-order valence-corrected chi connectivity index (χ0v) is 15.1. The van der Waals surface area contributed by atoms with Crippen molar-refractivity contribution in [1.29, 1.82) is 0 Å². The van der Waals surface area contributed by atoms with Gasteiger partial charge in [0.05, 0.1) is 13.0 Å². The van der Waals surface area contributed by atoms with Gasteiger partial charge in [-0.1, -0.05) is 12.1 Å². The van der Waals surface area contributed by atoms with Gasteiger partial charge in [-0.25, -0.2) is 0 Å². The molecular formula is C19H28N2O3.